The molecule has 0 amide bonds. The van der Waals surface area contributed by atoms with E-state index in [1.807, 2.05) is 6.92 Å². The molecule has 78 valence electrons. The highest BCUT2D eigenvalue weighted by molar-refractivity contribution is 5.86. The zero-order valence-electron chi connectivity index (χ0n) is 8.81. The van der Waals surface area contributed by atoms with Gasteiger partial charge in [0.25, 0.3) is 5.56 Å². The number of aldehydes is 1. The van der Waals surface area contributed by atoms with E-state index in [-0.39, 0.29) is 11.1 Å². The zero-order valence-corrected chi connectivity index (χ0v) is 8.81. The van der Waals surface area contributed by atoms with E-state index in [0.29, 0.717) is 6.29 Å². The second kappa shape index (κ2) is 3.05. The van der Waals surface area contributed by atoms with E-state index in [1.165, 1.54) is 4.57 Å². The van der Waals surface area contributed by atoms with Gasteiger partial charge in [0.1, 0.15) is 5.65 Å². The van der Waals surface area contributed by atoms with Gasteiger partial charge in [-0.3, -0.25) is 18.8 Å². The number of aromatic nitrogens is 3. The Labute approximate surface area is 85.9 Å². The molecule has 2 aromatic heterocycles. The largest absolute Gasteiger partial charge is 0.298 e. The van der Waals surface area contributed by atoms with Crippen molar-refractivity contribution in [3.05, 3.63) is 27.7 Å². The summed E-state index contributed by atoms with van der Waals surface area (Å²) in [6, 6.07) is 1.59. The number of rotatable bonds is 1. The second-order valence-electron chi connectivity index (χ2n) is 3.53. The zero-order chi connectivity index (χ0) is 11.2. The van der Waals surface area contributed by atoms with Crippen molar-refractivity contribution in [3.8, 4) is 0 Å². The van der Waals surface area contributed by atoms with Gasteiger partial charge in [-0.1, -0.05) is 0 Å². The van der Waals surface area contributed by atoms with Crippen LogP contribution in [0.2, 0.25) is 0 Å². The lowest BCUT2D eigenvalue weighted by Gasteiger charge is -2.02. The number of carbonyl (C=O) groups is 1. The number of carbonyl (C=O) groups excluding carboxylic acids is 1. The first-order valence-corrected chi connectivity index (χ1v) is 4.54. The van der Waals surface area contributed by atoms with Gasteiger partial charge in [-0.05, 0) is 13.0 Å². The molecule has 2 rings (SSSR count). The van der Waals surface area contributed by atoms with E-state index in [1.54, 1.807) is 24.8 Å². The molecular formula is C10H11N3O2. The fraction of sp³-hybridized carbons (Fsp3) is 0.300. The molecule has 0 aromatic carbocycles. The molecule has 0 saturated heterocycles. The van der Waals surface area contributed by atoms with Crippen molar-refractivity contribution in [3.63, 3.8) is 0 Å². The van der Waals surface area contributed by atoms with E-state index in [2.05, 4.69) is 5.10 Å². The van der Waals surface area contributed by atoms with Gasteiger partial charge in [-0.2, -0.15) is 5.10 Å². The quantitative estimate of drug-likeness (QED) is 0.633. The van der Waals surface area contributed by atoms with Crippen molar-refractivity contribution in [2.45, 2.75) is 6.92 Å². The lowest BCUT2D eigenvalue weighted by Crippen LogP contribution is -2.22. The Hall–Kier alpha value is -1.91. The predicted octanol–water partition coefficient (Wildman–Crippen LogP) is 0.393. The van der Waals surface area contributed by atoms with Gasteiger partial charge in [-0.15, -0.1) is 0 Å². The molecule has 0 unspecified atom stereocenters. The van der Waals surface area contributed by atoms with Crippen LogP contribution in [0.5, 0.6) is 0 Å². The molecule has 0 N–H and O–H groups in total. The number of fused-ring (bicyclic) bond motifs is 1. The SMILES string of the molecule is Cc1nn(C)c2c1cc(C=O)c(=O)n2C. The molecule has 0 aliphatic rings. The molecule has 5 nitrogen and oxygen atoms in total. The molecule has 5 heteroatoms. The Morgan fingerprint density at radius 1 is 1.40 bits per heavy atom. The van der Waals surface area contributed by atoms with E-state index in [9.17, 15) is 9.59 Å². The van der Waals surface area contributed by atoms with Crippen molar-refractivity contribution < 1.29 is 4.79 Å². The topological polar surface area (TPSA) is 56.9 Å². The normalized spacial score (nSPS) is 10.9. The summed E-state index contributed by atoms with van der Waals surface area (Å²) in [6.45, 7) is 1.85. The Bertz CT molecular complexity index is 607. The van der Waals surface area contributed by atoms with Crippen LogP contribution in [0.4, 0.5) is 0 Å². The molecule has 0 spiro atoms. The number of pyridine rings is 1. The van der Waals surface area contributed by atoms with Crippen LogP contribution < -0.4 is 5.56 Å². The molecule has 0 aliphatic carbocycles. The summed E-state index contributed by atoms with van der Waals surface area (Å²) in [7, 11) is 3.41. The second-order valence-corrected chi connectivity index (χ2v) is 3.53. The Kier molecular flexibility index (Phi) is 1.96. The lowest BCUT2D eigenvalue weighted by molar-refractivity contribution is 0.112. The number of hydrogen-bond acceptors (Lipinski definition) is 3. The van der Waals surface area contributed by atoms with Crippen molar-refractivity contribution in [2.24, 2.45) is 14.1 Å². The highest BCUT2D eigenvalue weighted by Gasteiger charge is 2.11. The number of aryl methyl sites for hydroxylation is 3. The van der Waals surface area contributed by atoms with Crippen LogP contribution in [0, 0.1) is 6.92 Å². The van der Waals surface area contributed by atoms with Gasteiger partial charge in [-0.25, -0.2) is 0 Å². The molecular weight excluding hydrogens is 194 g/mol. The van der Waals surface area contributed by atoms with Crippen LogP contribution >= 0.6 is 0 Å². The van der Waals surface area contributed by atoms with Crippen LogP contribution in [0.25, 0.3) is 11.0 Å². The van der Waals surface area contributed by atoms with Gasteiger partial charge < -0.3 is 0 Å². The summed E-state index contributed by atoms with van der Waals surface area (Å²) >= 11 is 0. The molecule has 0 atom stereocenters. The summed E-state index contributed by atoms with van der Waals surface area (Å²) < 4.78 is 3.08. The third kappa shape index (κ3) is 1.20. The molecule has 2 heterocycles. The van der Waals surface area contributed by atoms with Crippen LogP contribution in [-0.4, -0.2) is 20.6 Å². The molecule has 0 fully saturated rings. The van der Waals surface area contributed by atoms with Crippen LogP contribution in [0.15, 0.2) is 10.9 Å². The number of nitrogens with zero attached hydrogens (tertiary/aromatic N) is 3. The van der Waals surface area contributed by atoms with E-state index in [0.717, 1.165) is 16.7 Å². The Morgan fingerprint density at radius 2 is 2.07 bits per heavy atom. The Morgan fingerprint density at radius 3 is 2.67 bits per heavy atom. The minimum atomic E-state index is -0.291. The fourth-order valence-corrected chi connectivity index (χ4v) is 1.82. The van der Waals surface area contributed by atoms with Gasteiger partial charge >= 0.3 is 0 Å². The number of hydrogen-bond donors (Lipinski definition) is 0. The van der Waals surface area contributed by atoms with Crippen LogP contribution in [0.1, 0.15) is 16.1 Å². The maximum Gasteiger partial charge on any atom is 0.262 e. The molecule has 0 bridgehead atoms. The van der Waals surface area contributed by atoms with Crippen molar-refractivity contribution in [1.29, 1.82) is 0 Å². The van der Waals surface area contributed by atoms with Gasteiger partial charge in [0.2, 0.25) is 0 Å². The minimum absolute atomic E-state index is 0.168. The van der Waals surface area contributed by atoms with Gasteiger partial charge in [0.15, 0.2) is 6.29 Å². The first-order chi connectivity index (χ1) is 7.06. The van der Waals surface area contributed by atoms with Crippen molar-refractivity contribution in [2.75, 3.05) is 0 Å². The van der Waals surface area contributed by atoms with Crippen LogP contribution in [0.3, 0.4) is 0 Å². The molecule has 0 saturated carbocycles. The molecule has 0 radical (unpaired) electrons. The fourth-order valence-electron chi connectivity index (χ4n) is 1.82. The molecule has 0 aliphatic heterocycles. The third-order valence-electron chi connectivity index (χ3n) is 2.53. The average molecular weight is 205 g/mol. The standard InChI is InChI=1S/C10H11N3O2/c1-6-8-4-7(5-14)10(15)12(2)9(8)13(3)11-6/h4-5H,1-3H3. The van der Waals surface area contributed by atoms with Crippen molar-refractivity contribution in [1.82, 2.24) is 14.3 Å². The summed E-state index contributed by atoms with van der Waals surface area (Å²) in [4.78, 5) is 22.4. The summed E-state index contributed by atoms with van der Waals surface area (Å²) in [5, 5.41) is 5.04. The summed E-state index contributed by atoms with van der Waals surface area (Å²) in [5.74, 6) is 0. The smallest absolute Gasteiger partial charge is 0.262 e. The third-order valence-corrected chi connectivity index (χ3v) is 2.53. The van der Waals surface area contributed by atoms with Crippen LogP contribution in [-0.2, 0) is 14.1 Å². The highest BCUT2D eigenvalue weighted by atomic mass is 16.1. The van der Waals surface area contributed by atoms with E-state index < -0.39 is 0 Å². The molecule has 2 aromatic rings. The first-order valence-electron chi connectivity index (χ1n) is 4.54. The average Bonchev–Trinajstić information content (AvgIpc) is 2.47. The lowest BCUT2D eigenvalue weighted by atomic mass is 10.2. The Balaban J connectivity index is 3.06. The molecule has 15 heavy (non-hydrogen) atoms. The monoisotopic (exact) mass is 205 g/mol. The van der Waals surface area contributed by atoms with Crippen molar-refractivity contribution >= 4 is 17.3 Å². The highest BCUT2D eigenvalue weighted by Crippen LogP contribution is 2.15. The summed E-state index contributed by atoms with van der Waals surface area (Å²) in [6.07, 6.45) is 0.578. The van der Waals surface area contributed by atoms with Gasteiger partial charge in [0.05, 0.1) is 11.3 Å². The summed E-state index contributed by atoms with van der Waals surface area (Å²) in [5.41, 5.74) is 1.41. The minimum Gasteiger partial charge on any atom is -0.298 e. The maximum absolute atomic E-state index is 11.7. The van der Waals surface area contributed by atoms with Gasteiger partial charge in [0, 0.05) is 19.5 Å². The maximum atomic E-state index is 11.7. The first kappa shape index (κ1) is 9.64. The van der Waals surface area contributed by atoms with E-state index >= 15 is 0 Å². The van der Waals surface area contributed by atoms with E-state index in [4.69, 9.17) is 0 Å². The predicted molar refractivity (Wildman–Crippen MR) is 56.1 cm³/mol.